The summed E-state index contributed by atoms with van der Waals surface area (Å²) in [5, 5.41) is 2.83. The van der Waals surface area contributed by atoms with Gasteiger partial charge in [-0.15, -0.1) is 11.8 Å². The molecule has 0 spiro atoms. The van der Waals surface area contributed by atoms with Crippen LogP contribution in [-0.4, -0.2) is 64.5 Å². The molecule has 1 aromatic heterocycles. The number of nitrogens with zero attached hydrogens (tertiary/aromatic N) is 3. The fourth-order valence-corrected chi connectivity index (χ4v) is 4.08. The minimum atomic E-state index is -0.240. The molecule has 0 saturated carbocycles. The van der Waals surface area contributed by atoms with Crippen LogP contribution in [0.5, 0.6) is 0 Å². The number of aromatic nitrogens is 2. The number of aromatic amines is 1. The predicted molar refractivity (Wildman–Crippen MR) is 112 cm³/mol. The highest BCUT2D eigenvalue weighted by Gasteiger charge is 2.28. The van der Waals surface area contributed by atoms with E-state index in [1.54, 1.807) is 29.6 Å². The molecular formula is C20H25N5O3S. The largest absolute Gasteiger partial charge is 0.354 e. The van der Waals surface area contributed by atoms with Crippen LogP contribution < -0.4 is 10.2 Å². The summed E-state index contributed by atoms with van der Waals surface area (Å²) >= 11 is 1.43. The van der Waals surface area contributed by atoms with Crippen molar-refractivity contribution in [3.05, 3.63) is 42.0 Å². The Bertz CT molecular complexity index is 880. The van der Waals surface area contributed by atoms with Crippen molar-refractivity contribution in [1.29, 1.82) is 0 Å². The van der Waals surface area contributed by atoms with Gasteiger partial charge in [-0.2, -0.15) is 0 Å². The van der Waals surface area contributed by atoms with Crippen LogP contribution in [0.2, 0.25) is 0 Å². The fraction of sp³-hybridized carbons (Fsp3) is 0.400. The molecule has 29 heavy (non-hydrogen) atoms. The Kier molecular flexibility index (Phi) is 6.92. The number of amides is 3. The number of imidazole rings is 1. The normalized spacial score (nSPS) is 13.2. The Balaban J connectivity index is 1.71. The second-order valence-electron chi connectivity index (χ2n) is 6.61. The number of hydrogen-bond acceptors (Lipinski definition) is 5. The number of thioether (sulfide) groups is 1. The number of H-pyrrole nitrogens is 1. The summed E-state index contributed by atoms with van der Waals surface area (Å²) in [6, 6.07) is 5.36. The van der Waals surface area contributed by atoms with Crippen LogP contribution in [0, 0.1) is 0 Å². The Morgan fingerprint density at radius 1 is 1.31 bits per heavy atom. The van der Waals surface area contributed by atoms with Crippen molar-refractivity contribution in [2.75, 3.05) is 36.8 Å². The van der Waals surface area contributed by atoms with Crippen LogP contribution in [0.3, 0.4) is 0 Å². The van der Waals surface area contributed by atoms with Gasteiger partial charge in [0, 0.05) is 48.4 Å². The lowest BCUT2D eigenvalue weighted by molar-refractivity contribution is -0.122. The van der Waals surface area contributed by atoms with Crippen LogP contribution in [0.4, 0.5) is 5.69 Å². The number of nitrogens with one attached hydrogen (secondary N) is 2. The highest BCUT2D eigenvalue weighted by atomic mass is 32.2. The van der Waals surface area contributed by atoms with Crippen molar-refractivity contribution >= 4 is 35.2 Å². The molecule has 9 heteroatoms. The molecule has 1 aliphatic rings. The van der Waals surface area contributed by atoms with E-state index >= 15 is 0 Å². The molecule has 0 aliphatic carbocycles. The lowest BCUT2D eigenvalue weighted by atomic mass is 10.1. The van der Waals surface area contributed by atoms with Crippen LogP contribution in [0.15, 0.2) is 35.6 Å². The highest BCUT2D eigenvalue weighted by Crippen LogP contribution is 2.36. The smallest absolute Gasteiger partial charge is 0.253 e. The van der Waals surface area contributed by atoms with E-state index in [9.17, 15) is 14.4 Å². The number of rotatable bonds is 8. The lowest BCUT2D eigenvalue weighted by Crippen LogP contribution is -2.43. The van der Waals surface area contributed by atoms with Gasteiger partial charge in [-0.1, -0.05) is 0 Å². The van der Waals surface area contributed by atoms with Gasteiger partial charge >= 0.3 is 0 Å². The fourth-order valence-electron chi connectivity index (χ4n) is 3.16. The Morgan fingerprint density at radius 2 is 2.10 bits per heavy atom. The molecule has 2 N–H and O–H groups in total. The van der Waals surface area contributed by atoms with Gasteiger partial charge in [-0.05, 0) is 32.0 Å². The average Bonchev–Trinajstić information content (AvgIpc) is 3.24. The number of carbonyl (C=O) groups is 3. The minimum Gasteiger partial charge on any atom is -0.354 e. The third-order valence-corrected chi connectivity index (χ3v) is 5.82. The predicted octanol–water partition coefficient (Wildman–Crippen LogP) is 1.69. The van der Waals surface area contributed by atoms with Gasteiger partial charge in [-0.25, -0.2) is 4.98 Å². The number of benzene rings is 1. The van der Waals surface area contributed by atoms with Gasteiger partial charge in [-0.3, -0.25) is 14.4 Å². The lowest BCUT2D eigenvalue weighted by Gasteiger charge is -2.29. The van der Waals surface area contributed by atoms with Crippen LogP contribution in [0.25, 0.3) is 0 Å². The summed E-state index contributed by atoms with van der Waals surface area (Å²) in [6.45, 7) is 5.46. The third kappa shape index (κ3) is 4.97. The monoisotopic (exact) mass is 415 g/mol. The van der Waals surface area contributed by atoms with Gasteiger partial charge in [0.15, 0.2) is 0 Å². The van der Waals surface area contributed by atoms with E-state index in [1.165, 1.54) is 16.7 Å². The second kappa shape index (κ2) is 9.60. The van der Waals surface area contributed by atoms with E-state index < -0.39 is 0 Å². The molecule has 0 unspecified atom stereocenters. The van der Waals surface area contributed by atoms with Crippen molar-refractivity contribution in [2.24, 2.45) is 0 Å². The maximum Gasteiger partial charge on any atom is 0.253 e. The summed E-state index contributed by atoms with van der Waals surface area (Å²) in [5.74, 6) is -0.183. The van der Waals surface area contributed by atoms with Crippen molar-refractivity contribution in [1.82, 2.24) is 20.2 Å². The standard InChI is InChI=1S/C20H25N5O3S/c1-3-24(4-2)20(28)14-5-6-17-16(9-14)25(19(27)12-29-17)11-18(26)22-8-7-15-10-21-13-23-15/h5-6,9-10,13H,3-4,7-8,11-12H2,1-2H3,(H,21,23)(H,22,26). The summed E-state index contributed by atoms with van der Waals surface area (Å²) in [5.41, 5.74) is 2.07. The van der Waals surface area contributed by atoms with Crippen molar-refractivity contribution < 1.29 is 14.4 Å². The van der Waals surface area contributed by atoms with Gasteiger partial charge in [0.25, 0.3) is 5.91 Å². The third-order valence-electron chi connectivity index (χ3n) is 4.77. The summed E-state index contributed by atoms with van der Waals surface area (Å²) in [6.07, 6.45) is 3.94. The molecule has 0 fully saturated rings. The molecule has 1 aliphatic heterocycles. The minimum absolute atomic E-state index is 0.0711. The first-order chi connectivity index (χ1) is 14.0. The van der Waals surface area contributed by atoms with E-state index in [0.717, 1.165) is 10.6 Å². The maximum absolute atomic E-state index is 12.7. The highest BCUT2D eigenvalue weighted by molar-refractivity contribution is 8.00. The molecule has 0 saturated heterocycles. The Hall–Kier alpha value is -2.81. The number of hydrogen-bond donors (Lipinski definition) is 2. The summed E-state index contributed by atoms with van der Waals surface area (Å²) in [7, 11) is 0. The molecule has 2 aromatic rings. The summed E-state index contributed by atoms with van der Waals surface area (Å²) < 4.78 is 0. The van der Waals surface area contributed by atoms with Crippen LogP contribution >= 0.6 is 11.8 Å². The van der Waals surface area contributed by atoms with Gasteiger partial charge < -0.3 is 20.1 Å². The van der Waals surface area contributed by atoms with Gasteiger partial charge in [0.2, 0.25) is 11.8 Å². The van der Waals surface area contributed by atoms with E-state index in [2.05, 4.69) is 15.3 Å². The molecule has 0 bridgehead atoms. The molecule has 154 valence electrons. The quantitative estimate of drug-likeness (QED) is 0.684. The van der Waals surface area contributed by atoms with E-state index in [-0.39, 0.29) is 30.0 Å². The number of carbonyl (C=O) groups excluding carboxylic acids is 3. The molecule has 3 amide bonds. The topological polar surface area (TPSA) is 98.4 Å². The first kappa shape index (κ1) is 20.9. The average molecular weight is 416 g/mol. The van der Waals surface area contributed by atoms with Crippen LogP contribution in [0.1, 0.15) is 29.9 Å². The second-order valence-corrected chi connectivity index (χ2v) is 7.62. The maximum atomic E-state index is 12.7. The van der Waals surface area contributed by atoms with Gasteiger partial charge in [0.1, 0.15) is 6.54 Å². The SMILES string of the molecule is CCN(CC)C(=O)c1ccc2c(c1)N(CC(=O)NCCc1cnc[nH]1)C(=O)CS2. The molecule has 0 radical (unpaired) electrons. The van der Waals surface area contributed by atoms with Gasteiger partial charge in [0.05, 0.1) is 17.8 Å². The zero-order valence-electron chi connectivity index (χ0n) is 16.6. The zero-order valence-corrected chi connectivity index (χ0v) is 17.4. The first-order valence-electron chi connectivity index (χ1n) is 9.63. The van der Waals surface area contributed by atoms with E-state index in [1.807, 2.05) is 19.9 Å². The summed E-state index contributed by atoms with van der Waals surface area (Å²) in [4.78, 5) is 48.6. The molecule has 1 aromatic carbocycles. The number of anilines is 1. The molecule has 2 heterocycles. The Labute approximate surface area is 174 Å². The first-order valence-corrected chi connectivity index (χ1v) is 10.6. The molecule has 8 nitrogen and oxygen atoms in total. The Morgan fingerprint density at radius 3 is 2.79 bits per heavy atom. The van der Waals surface area contributed by atoms with Crippen LogP contribution in [-0.2, 0) is 16.0 Å². The molecule has 3 rings (SSSR count). The van der Waals surface area contributed by atoms with Crippen molar-refractivity contribution in [2.45, 2.75) is 25.2 Å². The van der Waals surface area contributed by atoms with Crippen molar-refractivity contribution in [3.63, 3.8) is 0 Å². The zero-order chi connectivity index (χ0) is 20.8. The van der Waals surface area contributed by atoms with E-state index in [0.29, 0.717) is 37.3 Å². The molecule has 0 atom stereocenters. The van der Waals surface area contributed by atoms with Crippen molar-refractivity contribution in [3.8, 4) is 0 Å². The number of fused-ring (bicyclic) bond motifs is 1. The molecular weight excluding hydrogens is 390 g/mol. The van der Waals surface area contributed by atoms with E-state index in [4.69, 9.17) is 0 Å².